The molecular formula is C14H17N5O3S. The number of rotatable bonds is 3. The zero-order valence-electron chi connectivity index (χ0n) is 12.6. The molecule has 1 fully saturated rings. The van der Waals surface area contributed by atoms with Crippen LogP contribution in [0.1, 0.15) is 34.8 Å². The van der Waals surface area contributed by atoms with Gasteiger partial charge in [-0.2, -0.15) is 5.10 Å². The van der Waals surface area contributed by atoms with Crippen LogP contribution >= 0.6 is 0 Å². The number of aromatic nitrogens is 4. The highest BCUT2D eigenvalue weighted by Crippen LogP contribution is 2.30. The minimum atomic E-state index is -3.35. The van der Waals surface area contributed by atoms with Gasteiger partial charge >= 0.3 is 0 Å². The van der Waals surface area contributed by atoms with Crippen molar-refractivity contribution >= 4 is 15.7 Å². The third-order valence-corrected chi connectivity index (χ3v) is 5.08. The van der Waals surface area contributed by atoms with E-state index in [9.17, 15) is 13.2 Å². The summed E-state index contributed by atoms with van der Waals surface area (Å²) < 4.78 is 23.7. The van der Waals surface area contributed by atoms with Gasteiger partial charge in [0, 0.05) is 37.7 Å². The van der Waals surface area contributed by atoms with Crippen molar-refractivity contribution in [1.29, 1.82) is 0 Å². The lowest BCUT2D eigenvalue weighted by Gasteiger charge is -2.32. The number of nitrogens with one attached hydrogen (secondary N) is 1. The van der Waals surface area contributed by atoms with E-state index in [2.05, 4.69) is 20.2 Å². The summed E-state index contributed by atoms with van der Waals surface area (Å²) in [5.41, 5.74) is 1.01. The SMILES string of the molecule is CS(=O)(=O)c1cn[nH]c1C1CCCN(C(=O)c2cncnc2)C1. The van der Waals surface area contributed by atoms with Crippen LogP contribution in [0.25, 0.3) is 0 Å². The summed E-state index contributed by atoms with van der Waals surface area (Å²) in [7, 11) is -3.35. The van der Waals surface area contributed by atoms with Gasteiger partial charge in [-0.15, -0.1) is 0 Å². The predicted molar refractivity (Wildman–Crippen MR) is 81.6 cm³/mol. The van der Waals surface area contributed by atoms with Crippen LogP contribution in [0.5, 0.6) is 0 Å². The van der Waals surface area contributed by atoms with Crippen molar-refractivity contribution in [1.82, 2.24) is 25.1 Å². The molecule has 8 nitrogen and oxygen atoms in total. The number of aromatic amines is 1. The first-order valence-electron chi connectivity index (χ1n) is 7.24. The summed E-state index contributed by atoms with van der Waals surface area (Å²) in [5.74, 6) is -0.222. The van der Waals surface area contributed by atoms with Crippen LogP contribution in [0.3, 0.4) is 0 Å². The van der Waals surface area contributed by atoms with Crippen molar-refractivity contribution < 1.29 is 13.2 Å². The Morgan fingerprint density at radius 2 is 2.04 bits per heavy atom. The first-order chi connectivity index (χ1) is 11.0. The van der Waals surface area contributed by atoms with E-state index in [1.54, 1.807) is 4.90 Å². The van der Waals surface area contributed by atoms with Crippen LogP contribution in [0.2, 0.25) is 0 Å². The fourth-order valence-corrected chi connectivity index (χ4v) is 3.72. The lowest BCUT2D eigenvalue weighted by atomic mass is 9.94. The van der Waals surface area contributed by atoms with E-state index in [1.165, 1.54) is 24.9 Å². The first kappa shape index (κ1) is 15.6. The molecule has 2 aromatic rings. The third-order valence-electron chi connectivity index (χ3n) is 3.96. The monoisotopic (exact) mass is 335 g/mol. The lowest BCUT2D eigenvalue weighted by molar-refractivity contribution is 0.0704. The molecular weight excluding hydrogens is 318 g/mol. The Kier molecular flexibility index (Phi) is 4.12. The van der Waals surface area contributed by atoms with Crippen molar-refractivity contribution in [3.8, 4) is 0 Å². The predicted octanol–water partition coefficient (Wildman–Crippen LogP) is 0.623. The maximum atomic E-state index is 12.5. The van der Waals surface area contributed by atoms with Gasteiger partial charge in [0.1, 0.15) is 11.2 Å². The number of H-pyrrole nitrogens is 1. The smallest absolute Gasteiger partial charge is 0.257 e. The number of nitrogens with zero attached hydrogens (tertiary/aromatic N) is 4. The highest BCUT2D eigenvalue weighted by molar-refractivity contribution is 7.90. The van der Waals surface area contributed by atoms with E-state index in [1.807, 2.05) is 0 Å². The molecule has 0 aromatic carbocycles. The van der Waals surface area contributed by atoms with E-state index in [4.69, 9.17) is 0 Å². The molecule has 0 saturated carbocycles. The first-order valence-corrected chi connectivity index (χ1v) is 9.13. The van der Waals surface area contributed by atoms with Gasteiger partial charge in [-0.3, -0.25) is 9.89 Å². The molecule has 0 bridgehead atoms. The Labute approximate surface area is 133 Å². The summed E-state index contributed by atoms with van der Waals surface area (Å²) in [6.07, 6.45) is 8.43. The molecule has 0 aliphatic carbocycles. The highest BCUT2D eigenvalue weighted by atomic mass is 32.2. The summed E-state index contributed by atoms with van der Waals surface area (Å²) in [6, 6.07) is 0. The maximum Gasteiger partial charge on any atom is 0.257 e. The minimum absolute atomic E-state index is 0.0791. The molecule has 23 heavy (non-hydrogen) atoms. The van der Waals surface area contributed by atoms with Gasteiger partial charge in [0.05, 0.1) is 17.5 Å². The number of amides is 1. The molecule has 1 amide bonds. The van der Waals surface area contributed by atoms with Gasteiger partial charge < -0.3 is 4.90 Å². The fraction of sp³-hybridized carbons (Fsp3) is 0.429. The molecule has 1 unspecified atom stereocenters. The number of sulfone groups is 1. The Hall–Kier alpha value is -2.29. The maximum absolute atomic E-state index is 12.5. The number of hydrogen-bond acceptors (Lipinski definition) is 6. The number of likely N-dealkylation sites (tertiary alicyclic amines) is 1. The molecule has 0 spiro atoms. The second-order valence-corrected chi connectivity index (χ2v) is 7.62. The van der Waals surface area contributed by atoms with Crippen molar-refractivity contribution in [2.24, 2.45) is 0 Å². The van der Waals surface area contributed by atoms with E-state index < -0.39 is 9.84 Å². The summed E-state index contributed by atoms with van der Waals surface area (Å²) in [5, 5.41) is 6.65. The second-order valence-electron chi connectivity index (χ2n) is 5.64. The molecule has 1 saturated heterocycles. The van der Waals surface area contributed by atoms with Crippen molar-refractivity contribution in [3.63, 3.8) is 0 Å². The quantitative estimate of drug-likeness (QED) is 0.881. The number of piperidine rings is 1. The topological polar surface area (TPSA) is 109 Å². The Morgan fingerprint density at radius 3 is 2.74 bits per heavy atom. The van der Waals surface area contributed by atoms with E-state index in [-0.39, 0.29) is 16.7 Å². The van der Waals surface area contributed by atoms with Gasteiger partial charge in [0.25, 0.3) is 5.91 Å². The van der Waals surface area contributed by atoms with E-state index in [0.717, 1.165) is 19.1 Å². The molecule has 1 N–H and O–H groups in total. The summed E-state index contributed by atoms with van der Waals surface area (Å²) >= 11 is 0. The second kappa shape index (κ2) is 6.07. The van der Waals surface area contributed by atoms with Crippen LogP contribution < -0.4 is 0 Å². The van der Waals surface area contributed by atoms with Crippen molar-refractivity contribution in [3.05, 3.63) is 36.2 Å². The minimum Gasteiger partial charge on any atom is -0.338 e. The summed E-state index contributed by atoms with van der Waals surface area (Å²) in [6.45, 7) is 1.07. The van der Waals surface area contributed by atoms with Gasteiger partial charge in [-0.05, 0) is 12.8 Å². The zero-order valence-corrected chi connectivity index (χ0v) is 13.5. The Morgan fingerprint density at radius 1 is 1.30 bits per heavy atom. The number of carbonyl (C=O) groups excluding carboxylic acids is 1. The molecule has 3 rings (SSSR count). The third kappa shape index (κ3) is 3.24. The van der Waals surface area contributed by atoms with Crippen LogP contribution in [0.15, 0.2) is 29.8 Å². The van der Waals surface area contributed by atoms with E-state index in [0.29, 0.717) is 24.3 Å². The van der Waals surface area contributed by atoms with Crippen LogP contribution in [-0.2, 0) is 9.84 Å². The largest absolute Gasteiger partial charge is 0.338 e. The molecule has 3 heterocycles. The van der Waals surface area contributed by atoms with Crippen LogP contribution in [-0.4, -0.2) is 58.7 Å². The zero-order chi connectivity index (χ0) is 16.4. The lowest BCUT2D eigenvalue weighted by Crippen LogP contribution is -2.39. The molecule has 122 valence electrons. The van der Waals surface area contributed by atoms with Gasteiger partial charge in [-0.25, -0.2) is 18.4 Å². The van der Waals surface area contributed by atoms with Gasteiger partial charge in [0.15, 0.2) is 9.84 Å². The Balaban J connectivity index is 1.82. The number of hydrogen-bond donors (Lipinski definition) is 1. The van der Waals surface area contributed by atoms with Gasteiger partial charge in [-0.1, -0.05) is 0 Å². The van der Waals surface area contributed by atoms with Crippen molar-refractivity contribution in [2.45, 2.75) is 23.7 Å². The molecule has 2 aromatic heterocycles. The normalized spacial score (nSPS) is 18.8. The Bertz CT molecular complexity index is 803. The van der Waals surface area contributed by atoms with Crippen LogP contribution in [0.4, 0.5) is 0 Å². The molecule has 1 atom stereocenters. The molecule has 0 radical (unpaired) electrons. The standard InChI is InChI=1S/C14H17N5O3S/c1-23(21,22)12-7-17-18-13(12)10-3-2-4-19(8-10)14(20)11-5-15-9-16-6-11/h5-7,9-10H,2-4,8H2,1H3,(H,17,18). The highest BCUT2D eigenvalue weighted by Gasteiger charge is 2.30. The van der Waals surface area contributed by atoms with Gasteiger partial charge in [0.2, 0.25) is 0 Å². The average molecular weight is 335 g/mol. The molecule has 1 aliphatic rings. The van der Waals surface area contributed by atoms with E-state index >= 15 is 0 Å². The van der Waals surface area contributed by atoms with Crippen LogP contribution in [0, 0.1) is 0 Å². The average Bonchev–Trinajstić information content (AvgIpc) is 3.05. The summed E-state index contributed by atoms with van der Waals surface area (Å²) in [4.78, 5) is 22.1. The fourth-order valence-electron chi connectivity index (χ4n) is 2.86. The molecule has 9 heteroatoms. The number of carbonyl (C=O) groups is 1. The molecule has 1 aliphatic heterocycles. The van der Waals surface area contributed by atoms with Crippen molar-refractivity contribution in [2.75, 3.05) is 19.3 Å².